The zero-order valence-corrected chi connectivity index (χ0v) is 21.6. The van der Waals surface area contributed by atoms with Gasteiger partial charge in [-0.05, 0) is 62.6 Å². The molecule has 2 aromatic carbocycles. The molecule has 3 heterocycles. The molecule has 0 saturated heterocycles. The smallest absolute Gasteiger partial charge is 0.241 e. The molecular weight excluding hydrogens is 518 g/mol. The van der Waals surface area contributed by atoms with Crippen LogP contribution >= 0.6 is 15.9 Å². The molecule has 0 fully saturated rings. The highest BCUT2D eigenvalue weighted by Crippen LogP contribution is 2.35. The number of nitrogens with zero attached hydrogens (tertiary/aromatic N) is 3. The summed E-state index contributed by atoms with van der Waals surface area (Å²) in [6.45, 7) is 3.99. The Balaban J connectivity index is 1.34. The summed E-state index contributed by atoms with van der Waals surface area (Å²) in [6.07, 6.45) is 6.85. The monoisotopic (exact) mass is 543 g/mol. The number of aliphatic imine (C=N–C) groups is 2. The van der Waals surface area contributed by atoms with Gasteiger partial charge in [0.15, 0.2) is 6.29 Å². The number of benzene rings is 1. The van der Waals surface area contributed by atoms with Gasteiger partial charge in [-0.1, -0.05) is 52.3 Å². The number of hydrogen-bond donors (Lipinski definition) is 2. The van der Waals surface area contributed by atoms with Gasteiger partial charge in [-0.3, -0.25) is 19.7 Å². The molecule has 5 unspecified atom stereocenters. The molecule has 2 aliphatic heterocycles. The predicted octanol–water partition coefficient (Wildman–Crippen LogP) is 4.80. The third-order valence-electron chi connectivity index (χ3n) is 7.19. The lowest BCUT2D eigenvalue weighted by Gasteiger charge is -2.36. The highest BCUT2D eigenvalue weighted by atomic mass is 79.9. The van der Waals surface area contributed by atoms with E-state index < -0.39 is 18.6 Å². The van der Waals surface area contributed by atoms with E-state index >= 15 is 0 Å². The van der Waals surface area contributed by atoms with Gasteiger partial charge in [-0.25, -0.2) is 10.3 Å². The maximum atomic E-state index is 14.0. The van der Waals surface area contributed by atoms with Crippen LogP contribution in [-0.4, -0.2) is 40.1 Å². The lowest BCUT2D eigenvalue weighted by Crippen LogP contribution is -2.55. The van der Waals surface area contributed by atoms with E-state index in [-0.39, 0.29) is 17.6 Å². The van der Waals surface area contributed by atoms with E-state index in [1.54, 1.807) is 16.8 Å². The van der Waals surface area contributed by atoms with Gasteiger partial charge in [0.05, 0.1) is 28.6 Å². The minimum Gasteiger partial charge on any atom is -0.331 e. The van der Waals surface area contributed by atoms with Crippen molar-refractivity contribution in [3.05, 3.63) is 83.0 Å². The summed E-state index contributed by atoms with van der Waals surface area (Å²) in [6, 6.07) is 19.2. The SMILES string of the molecule is CC1=NC(NC2N=C3C=CCCC3(C)O2)NC(c2ccccc2Br)C1C(=O)n1ccc2c#cccc21. The Morgan fingerprint density at radius 3 is 2.97 bits per heavy atom. The van der Waals surface area contributed by atoms with E-state index in [2.05, 4.69) is 51.7 Å². The maximum absolute atomic E-state index is 14.0. The second-order valence-electron chi connectivity index (χ2n) is 9.57. The Morgan fingerprint density at radius 2 is 2.14 bits per heavy atom. The molecule has 1 aromatic heterocycles. The number of aromatic nitrogens is 1. The van der Waals surface area contributed by atoms with Crippen LogP contribution < -0.4 is 10.6 Å². The first-order valence-electron chi connectivity index (χ1n) is 12.1. The first-order valence-corrected chi connectivity index (χ1v) is 12.9. The molecule has 3 aromatic rings. The van der Waals surface area contributed by atoms with Crippen LogP contribution in [0.3, 0.4) is 0 Å². The summed E-state index contributed by atoms with van der Waals surface area (Å²) in [5, 5.41) is 7.80. The lowest BCUT2D eigenvalue weighted by molar-refractivity contribution is -0.0417. The van der Waals surface area contributed by atoms with Gasteiger partial charge in [0.2, 0.25) is 12.3 Å². The average molecular weight is 544 g/mol. The van der Waals surface area contributed by atoms with Crippen LogP contribution in [0.1, 0.15) is 43.1 Å². The molecule has 3 aliphatic rings. The van der Waals surface area contributed by atoms with Crippen LogP contribution in [0.4, 0.5) is 0 Å². The number of fused-ring (bicyclic) bond motifs is 2. The third-order valence-corrected chi connectivity index (χ3v) is 7.91. The first kappa shape index (κ1) is 23.3. The normalized spacial score (nSPS) is 29.4. The molecule has 0 saturated carbocycles. The predicted molar refractivity (Wildman–Crippen MR) is 143 cm³/mol. The fraction of sp³-hybridized carbons (Fsp3) is 0.321. The molecule has 8 heteroatoms. The van der Waals surface area contributed by atoms with Crippen molar-refractivity contribution in [2.45, 2.75) is 51.0 Å². The summed E-state index contributed by atoms with van der Waals surface area (Å²) in [7, 11) is 0. The van der Waals surface area contributed by atoms with Crippen LogP contribution in [0.25, 0.3) is 10.9 Å². The lowest BCUT2D eigenvalue weighted by atomic mass is 9.87. The van der Waals surface area contributed by atoms with Gasteiger partial charge in [-0.15, -0.1) is 0 Å². The molecule has 7 nitrogen and oxygen atoms in total. The molecule has 36 heavy (non-hydrogen) atoms. The number of halogens is 1. The van der Waals surface area contributed by atoms with Crippen LogP contribution in [0.2, 0.25) is 0 Å². The topological polar surface area (TPSA) is 80.0 Å². The molecule has 0 amide bonds. The minimum absolute atomic E-state index is 0.0569. The zero-order chi connectivity index (χ0) is 24.9. The Labute approximate surface area is 218 Å². The Kier molecular flexibility index (Phi) is 5.89. The largest absolute Gasteiger partial charge is 0.331 e. The van der Waals surface area contributed by atoms with Crippen molar-refractivity contribution < 1.29 is 9.53 Å². The Bertz CT molecular complexity index is 1430. The molecular formula is C28H26BrN5O2. The minimum atomic E-state index is -0.519. The number of rotatable bonds is 4. The number of ether oxygens (including phenoxy) is 1. The summed E-state index contributed by atoms with van der Waals surface area (Å²) in [5.74, 6) is -0.570. The van der Waals surface area contributed by atoms with E-state index in [1.807, 2.05) is 49.4 Å². The van der Waals surface area contributed by atoms with Crippen molar-refractivity contribution in [2.75, 3.05) is 0 Å². The van der Waals surface area contributed by atoms with Crippen molar-refractivity contribution in [1.29, 1.82) is 0 Å². The summed E-state index contributed by atoms with van der Waals surface area (Å²) >= 11 is 3.69. The van der Waals surface area contributed by atoms with Crippen molar-refractivity contribution in [3.63, 3.8) is 0 Å². The number of carbonyl (C=O) groups excluding carboxylic acids is 1. The van der Waals surface area contributed by atoms with E-state index in [1.165, 1.54) is 0 Å². The average Bonchev–Trinajstić information content (AvgIpc) is 3.44. The van der Waals surface area contributed by atoms with Gasteiger partial charge >= 0.3 is 0 Å². The second kappa shape index (κ2) is 9.09. The van der Waals surface area contributed by atoms with Gasteiger partial charge in [0, 0.05) is 16.4 Å². The first-order chi connectivity index (χ1) is 17.4. The second-order valence-corrected chi connectivity index (χ2v) is 10.4. The molecule has 0 spiro atoms. The van der Waals surface area contributed by atoms with Gasteiger partial charge in [-0.2, -0.15) is 0 Å². The number of carbonyl (C=O) groups is 1. The maximum Gasteiger partial charge on any atom is 0.241 e. The Hall–Kier alpha value is -3.09. The van der Waals surface area contributed by atoms with Crippen molar-refractivity contribution in [2.24, 2.45) is 15.9 Å². The molecule has 1 aliphatic carbocycles. The Morgan fingerprint density at radius 1 is 1.28 bits per heavy atom. The standard InChI is InChI=1S/C28H26BrN5O2/c1-17-23(25(35)34-16-14-18-9-3-6-12-21(18)34)24(19-10-4-5-11-20(19)29)32-26(30-17)33-27-31-22-13-7-8-15-28(22,2)36-27/h4-7,10-14,16,23-24,26-27,32-33H,8,15H2,1-2H3. The quantitative estimate of drug-likeness (QED) is 0.495. The zero-order valence-electron chi connectivity index (χ0n) is 20.0. The number of allylic oxidation sites excluding steroid dienone is 1. The van der Waals surface area contributed by atoms with Gasteiger partial charge < -0.3 is 4.74 Å². The molecule has 6 rings (SSSR count). The fourth-order valence-corrected chi connectivity index (χ4v) is 5.83. The third kappa shape index (κ3) is 4.02. The van der Waals surface area contributed by atoms with Gasteiger partial charge in [0.25, 0.3) is 0 Å². The molecule has 0 bridgehead atoms. The van der Waals surface area contributed by atoms with Crippen molar-refractivity contribution in [1.82, 2.24) is 15.2 Å². The van der Waals surface area contributed by atoms with E-state index in [9.17, 15) is 4.79 Å². The van der Waals surface area contributed by atoms with Crippen molar-refractivity contribution in [3.8, 4) is 0 Å². The fourth-order valence-electron chi connectivity index (χ4n) is 5.30. The molecule has 182 valence electrons. The molecule has 2 N–H and O–H groups in total. The van der Waals surface area contributed by atoms with E-state index in [0.29, 0.717) is 0 Å². The van der Waals surface area contributed by atoms with E-state index in [4.69, 9.17) is 14.7 Å². The van der Waals surface area contributed by atoms with Gasteiger partial charge in [0.1, 0.15) is 5.60 Å². The van der Waals surface area contributed by atoms with E-state index in [0.717, 1.165) is 45.2 Å². The summed E-state index contributed by atoms with van der Waals surface area (Å²) in [5.41, 5.74) is 3.09. The van der Waals surface area contributed by atoms with Crippen molar-refractivity contribution >= 4 is 44.2 Å². The van der Waals surface area contributed by atoms with Crippen LogP contribution in [-0.2, 0) is 4.74 Å². The highest BCUT2D eigenvalue weighted by molar-refractivity contribution is 9.10. The van der Waals surface area contributed by atoms with Crippen LogP contribution in [0, 0.1) is 18.1 Å². The van der Waals surface area contributed by atoms with Crippen LogP contribution in [0.15, 0.2) is 75.3 Å². The summed E-state index contributed by atoms with van der Waals surface area (Å²) < 4.78 is 8.89. The molecule has 5 atom stereocenters. The highest BCUT2D eigenvalue weighted by Gasteiger charge is 2.43. The molecule has 0 radical (unpaired) electrons. The number of nitrogens with one attached hydrogen (secondary N) is 2. The number of hydrogen-bond acceptors (Lipinski definition) is 6. The summed E-state index contributed by atoms with van der Waals surface area (Å²) in [4.78, 5) is 23.6. The van der Waals surface area contributed by atoms with Crippen LogP contribution in [0.5, 0.6) is 0 Å².